The first-order valence-corrected chi connectivity index (χ1v) is 9.61. The molecule has 0 bridgehead atoms. The van der Waals surface area contributed by atoms with Crippen LogP contribution in [-0.4, -0.2) is 32.4 Å². The quantitative estimate of drug-likeness (QED) is 0.634. The van der Waals surface area contributed by atoms with Crippen molar-refractivity contribution in [3.05, 3.63) is 57.4 Å². The van der Waals surface area contributed by atoms with Crippen LogP contribution in [0.5, 0.6) is 5.75 Å². The van der Waals surface area contributed by atoms with Gasteiger partial charge in [-0.1, -0.05) is 12.1 Å². The number of nitrogens with one attached hydrogen (secondary N) is 1. The fourth-order valence-electron chi connectivity index (χ4n) is 2.76. The minimum Gasteiger partial charge on any atom is -0.492 e. The number of fused-ring (bicyclic) bond motifs is 1. The zero-order valence-corrected chi connectivity index (χ0v) is 16.6. The van der Waals surface area contributed by atoms with Crippen molar-refractivity contribution in [2.24, 2.45) is 14.1 Å². The molecule has 0 saturated carbocycles. The summed E-state index contributed by atoms with van der Waals surface area (Å²) in [7, 11) is 2.98. The number of carbonyl (C=O) groups excluding carboxylic acids is 1. The van der Waals surface area contributed by atoms with Gasteiger partial charge in [0.15, 0.2) is 0 Å². The maximum Gasteiger partial charge on any atom is 0.332 e. The van der Waals surface area contributed by atoms with Gasteiger partial charge in [0, 0.05) is 25.2 Å². The molecular formula is C19H20N4O4S. The molecule has 8 nitrogen and oxygen atoms in total. The first kappa shape index (κ1) is 19.7. The second-order valence-corrected chi connectivity index (χ2v) is 7.00. The lowest BCUT2D eigenvalue weighted by molar-refractivity contribution is -0.113. The third-order valence-electron chi connectivity index (χ3n) is 4.12. The molecule has 146 valence electrons. The van der Waals surface area contributed by atoms with Gasteiger partial charge in [-0.05, 0) is 25.1 Å². The first-order valence-electron chi connectivity index (χ1n) is 8.63. The molecule has 0 radical (unpaired) electrons. The fraction of sp³-hybridized carbons (Fsp3) is 0.263. The summed E-state index contributed by atoms with van der Waals surface area (Å²) in [4.78, 5) is 41.8. The van der Waals surface area contributed by atoms with Crippen LogP contribution in [-0.2, 0) is 18.9 Å². The molecule has 1 N–H and O–H groups in total. The highest BCUT2D eigenvalue weighted by molar-refractivity contribution is 8.00. The number of carbonyl (C=O) groups is 1. The number of ether oxygens (including phenoxy) is 1. The summed E-state index contributed by atoms with van der Waals surface area (Å²) >= 11 is 1.21. The number of thioether (sulfide) groups is 1. The fourth-order valence-corrected chi connectivity index (χ4v) is 3.60. The van der Waals surface area contributed by atoms with Crippen LogP contribution in [0, 0.1) is 0 Å². The summed E-state index contributed by atoms with van der Waals surface area (Å²) in [5.41, 5.74) is 0.00118. The lowest BCUT2D eigenvalue weighted by Crippen LogP contribution is -2.37. The predicted octanol–water partition coefficient (Wildman–Crippen LogP) is 1.76. The van der Waals surface area contributed by atoms with Crippen LogP contribution in [0.2, 0.25) is 0 Å². The van der Waals surface area contributed by atoms with Gasteiger partial charge in [0.25, 0.3) is 5.56 Å². The monoisotopic (exact) mass is 400 g/mol. The van der Waals surface area contributed by atoms with Crippen molar-refractivity contribution < 1.29 is 9.53 Å². The van der Waals surface area contributed by atoms with Crippen LogP contribution in [0.15, 0.2) is 51.0 Å². The normalized spacial score (nSPS) is 10.8. The lowest BCUT2D eigenvalue weighted by Gasteiger charge is -2.12. The molecule has 2 heterocycles. The molecule has 3 aromatic rings. The van der Waals surface area contributed by atoms with Gasteiger partial charge in [-0.15, -0.1) is 11.8 Å². The van der Waals surface area contributed by atoms with E-state index in [9.17, 15) is 14.4 Å². The number of aromatic nitrogens is 3. The molecule has 28 heavy (non-hydrogen) atoms. The Morgan fingerprint density at radius 1 is 1.18 bits per heavy atom. The molecule has 0 aliphatic carbocycles. The third kappa shape index (κ3) is 3.79. The van der Waals surface area contributed by atoms with Gasteiger partial charge in [-0.2, -0.15) is 0 Å². The predicted molar refractivity (Wildman–Crippen MR) is 109 cm³/mol. The number of amides is 1. The van der Waals surface area contributed by atoms with Crippen LogP contribution < -0.4 is 21.3 Å². The summed E-state index contributed by atoms with van der Waals surface area (Å²) in [5.74, 6) is 0.455. The van der Waals surface area contributed by atoms with E-state index < -0.39 is 11.2 Å². The van der Waals surface area contributed by atoms with E-state index in [1.807, 2.05) is 19.1 Å². The van der Waals surface area contributed by atoms with Crippen molar-refractivity contribution >= 4 is 34.4 Å². The van der Waals surface area contributed by atoms with Crippen molar-refractivity contribution in [3.63, 3.8) is 0 Å². The number of pyridine rings is 1. The van der Waals surface area contributed by atoms with Crippen LogP contribution in [0.4, 0.5) is 5.69 Å². The standard InChI is InChI=1S/C19H20N4O4S/c1-4-27-13-8-6-5-7-12(13)21-15(24)11-28-14-9-10-20-17-16(14)18(25)23(3)19(26)22(17)2/h5-10H,4,11H2,1-3H3,(H,21,24). The number of nitrogens with zero attached hydrogens (tertiary/aromatic N) is 3. The van der Waals surface area contributed by atoms with Gasteiger partial charge in [0.2, 0.25) is 5.91 Å². The molecule has 0 aliphatic rings. The van der Waals surface area contributed by atoms with Crippen LogP contribution in [0.25, 0.3) is 11.0 Å². The number of hydrogen-bond acceptors (Lipinski definition) is 6. The van der Waals surface area contributed by atoms with Gasteiger partial charge in [0.05, 0.1) is 23.4 Å². The molecule has 3 rings (SSSR count). The SMILES string of the molecule is CCOc1ccccc1NC(=O)CSc1ccnc2c1c(=O)n(C)c(=O)n2C. The molecule has 2 aromatic heterocycles. The zero-order chi connectivity index (χ0) is 20.3. The highest BCUT2D eigenvalue weighted by Crippen LogP contribution is 2.26. The van der Waals surface area contributed by atoms with Crippen molar-refractivity contribution in [2.45, 2.75) is 11.8 Å². The largest absolute Gasteiger partial charge is 0.492 e. The molecular weight excluding hydrogens is 380 g/mol. The smallest absolute Gasteiger partial charge is 0.332 e. The Morgan fingerprint density at radius 2 is 1.93 bits per heavy atom. The Balaban J connectivity index is 1.84. The highest BCUT2D eigenvalue weighted by atomic mass is 32.2. The summed E-state index contributed by atoms with van der Waals surface area (Å²) in [6, 6.07) is 8.86. The molecule has 0 unspecified atom stereocenters. The van der Waals surface area contributed by atoms with Gasteiger partial charge in [0.1, 0.15) is 11.4 Å². The molecule has 0 saturated heterocycles. The molecule has 0 spiro atoms. The average Bonchev–Trinajstić information content (AvgIpc) is 2.70. The summed E-state index contributed by atoms with van der Waals surface area (Å²) in [5, 5.41) is 3.14. The second-order valence-electron chi connectivity index (χ2n) is 5.98. The van der Waals surface area contributed by atoms with Crippen molar-refractivity contribution in [1.82, 2.24) is 14.1 Å². The summed E-state index contributed by atoms with van der Waals surface area (Å²) in [6.45, 7) is 2.36. The topological polar surface area (TPSA) is 95.2 Å². The Kier molecular flexibility index (Phi) is 5.84. The lowest BCUT2D eigenvalue weighted by atomic mass is 10.3. The molecule has 1 aromatic carbocycles. The maximum absolute atomic E-state index is 12.6. The Bertz CT molecular complexity index is 1150. The average molecular weight is 400 g/mol. The van der Waals surface area contributed by atoms with E-state index in [2.05, 4.69) is 10.3 Å². The van der Waals surface area contributed by atoms with E-state index in [1.165, 1.54) is 29.6 Å². The molecule has 9 heteroatoms. The highest BCUT2D eigenvalue weighted by Gasteiger charge is 2.15. The Labute approximate surface area is 165 Å². The van der Waals surface area contributed by atoms with Crippen LogP contribution >= 0.6 is 11.8 Å². The van der Waals surface area contributed by atoms with E-state index in [1.54, 1.807) is 25.2 Å². The van der Waals surface area contributed by atoms with Gasteiger partial charge < -0.3 is 10.1 Å². The molecule has 0 atom stereocenters. The summed E-state index contributed by atoms with van der Waals surface area (Å²) in [6.07, 6.45) is 1.52. The van der Waals surface area contributed by atoms with E-state index in [-0.39, 0.29) is 11.7 Å². The van der Waals surface area contributed by atoms with Gasteiger partial charge >= 0.3 is 5.69 Å². The van der Waals surface area contributed by atoms with Gasteiger partial charge in [-0.3, -0.25) is 18.7 Å². The number of anilines is 1. The van der Waals surface area contributed by atoms with Crippen LogP contribution in [0.1, 0.15) is 6.92 Å². The molecule has 0 fully saturated rings. The minimum atomic E-state index is -0.447. The molecule has 0 aliphatic heterocycles. The Morgan fingerprint density at radius 3 is 2.68 bits per heavy atom. The number of para-hydroxylation sites is 2. The number of rotatable bonds is 6. The molecule has 1 amide bonds. The number of hydrogen-bond donors (Lipinski definition) is 1. The van der Waals surface area contributed by atoms with Crippen molar-refractivity contribution in [1.29, 1.82) is 0 Å². The number of benzene rings is 1. The Hall–Kier alpha value is -3.07. The second kappa shape index (κ2) is 8.30. The third-order valence-corrected chi connectivity index (χ3v) is 5.18. The first-order chi connectivity index (χ1) is 13.4. The van der Waals surface area contributed by atoms with Crippen molar-refractivity contribution in [2.75, 3.05) is 17.7 Å². The van der Waals surface area contributed by atoms with E-state index in [0.717, 1.165) is 4.57 Å². The van der Waals surface area contributed by atoms with E-state index in [0.29, 0.717) is 34.0 Å². The maximum atomic E-state index is 12.6. The van der Waals surface area contributed by atoms with Crippen LogP contribution in [0.3, 0.4) is 0 Å². The summed E-state index contributed by atoms with van der Waals surface area (Å²) < 4.78 is 7.86. The van der Waals surface area contributed by atoms with E-state index in [4.69, 9.17) is 4.74 Å². The van der Waals surface area contributed by atoms with Crippen molar-refractivity contribution in [3.8, 4) is 5.75 Å². The minimum absolute atomic E-state index is 0.0889. The van der Waals surface area contributed by atoms with Gasteiger partial charge in [-0.25, -0.2) is 9.78 Å². The number of aryl methyl sites for hydroxylation is 1. The zero-order valence-electron chi connectivity index (χ0n) is 15.8. The van der Waals surface area contributed by atoms with E-state index >= 15 is 0 Å².